The lowest BCUT2D eigenvalue weighted by Crippen LogP contribution is -2.41. The Bertz CT molecular complexity index is 195. The topological polar surface area (TPSA) is 61.8 Å². The third-order valence-corrected chi connectivity index (χ3v) is 3.11. The van der Waals surface area contributed by atoms with E-state index in [9.17, 15) is 0 Å². The number of nitrogens with zero attached hydrogens (tertiary/aromatic N) is 2. The molecule has 1 aliphatic rings. The van der Waals surface area contributed by atoms with Crippen molar-refractivity contribution in [3.63, 3.8) is 0 Å². The highest BCUT2D eigenvalue weighted by molar-refractivity contribution is 5.84. The van der Waals surface area contributed by atoms with E-state index in [2.05, 4.69) is 23.9 Å². The fourth-order valence-corrected chi connectivity index (χ4v) is 1.76. The molecule has 0 radical (unpaired) electrons. The van der Waals surface area contributed by atoms with Crippen LogP contribution in [-0.4, -0.2) is 35.1 Å². The minimum absolute atomic E-state index is 0.0531. The number of hydrogen-bond acceptors (Lipinski definition) is 3. The summed E-state index contributed by atoms with van der Waals surface area (Å²) in [5.74, 6) is 1.71. The van der Waals surface area contributed by atoms with Crippen molar-refractivity contribution in [1.82, 2.24) is 4.90 Å². The van der Waals surface area contributed by atoms with Crippen molar-refractivity contribution in [3.8, 4) is 0 Å². The van der Waals surface area contributed by atoms with Crippen molar-refractivity contribution in [1.29, 1.82) is 0 Å². The van der Waals surface area contributed by atoms with E-state index in [1.54, 1.807) is 0 Å². The van der Waals surface area contributed by atoms with Crippen LogP contribution in [0.1, 0.15) is 20.8 Å². The van der Waals surface area contributed by atoms with Crippen LogP contribution in [0.5, 0.6) is 0 Å². The van der Waals surface area contributed by atoms with Crippen LogP contribution in [0.15, 0.2) is 5.16 Å². The molecule has 4 nitrogen and oxygen atoms in total. The normalized spacial score (nSPS) is 33.6. The zero-order valence-corrected chi connectivity index (χ0v) is 8.57. The maximum Gasteiger partial charge on any atom is 0.156 e. The lowest BCUT2D eigenvalue weighted by atomic mass is 10.0. The number of rotatable bonds is 2. The van der Waals surface area contributed by atoms with E-state index >= 15 is 0 Å². The maximum absolute atomic E-state index is 8.53. The SMILES string of the molecule is CC1CN(C(C)C(N)=NO)CC1C. The molecule has 76 valence electrons. The van der Waals surface area contributed by atoms with E-state index in [0.717, 1.165) is 13.1 Å². The van der Waals surface area contributed by atoms with Crippen LogP contribution in [0.25, 0.3) is 0 Å². The number of likely N-dealkylation sites (tertiary alicyclic amines) is 1. The number of nitrogens with two attached hydrogens (primary N) is 1. The molecule has 0 saturated carbocycles. The molecule has 0 bridgehead atoms. The first kappa shape index (κ1) is 10.3. The van der Waals surface area contributed by atoms with Crippen molar-refractivity contribution in [3.05, 3.63) is 0 Å². The Morgan fingerprint density at radius 1 is 1.46 bits per heavy atom. The average molecular weight is 185 g/mol. The van der Waals surface area contributed by atoms with Crippen LogP contribution in [0.3, 0.4) is 0 Å². The molecule has 13 heavy (non-hydrogen) atoms. The van der Waals surface area contributed by atoms with Crippen molar-refractivity contribution in [2.24, 2.45) is 22.7 Å². The monoisotopic (exact) mass is 185 g/mol. The first-order chi connectivity index (χ1) is 6.06. The van der Waals surface area contributed by atoms with E-state index in [0.29, 0.717) is 17.7 Å². The minimum Gasteiger partial charge on any atom is -0.409 e. The fourth-order valence-electron chi connectivity index (χ4n) is 1.76. The molecule has 0 aliphatic carbocycles. The van der Waals surface area contributed by atoms with E-state index in [1.807, 2.05) is 6.92 Å². The molecule has 1 heterocycles. The Morgan fingerprint density at radius 2 is 1.92 bits per heavy atom. The van der Waals surface area contributed by atoms with Crippen LogP contribution in [-0.2, 0) is 0 Å². The lowest BCUT2D eigenvalue weighted by molar-refractivity contribution is 0.278. The van der Waals surface area contributed by atoms with Gasteiger partial charge in [0.25, 0.3) is 0 Å². The molecule has 1 fully saturated rings. The van der Waals surface area contributed by atoms with Crippen LogP contribution in [0.4, 0.5) is 0 Å². The summed E-state index contributed by atoms with van der Waals surface area (Å²) in [6.45, 7) is 8.53. The largest absolute Gasteiger partial charge is 0.409 e. The Hall–Kier alpha value is -0.770. The summed E-state index contributed by atoms with van der Waals surface area (Å²) in [5, 5.41) is 11.6. The molecule has 3 unspecified atom stereocenters. The van der Waals surface area contributed by atoms with Gasteiger partial charge in [0.2, 0.25) is 0 Å². The molecule has 0 aromatic heterocycles. The summed E-state index contributed by atoms with van der Waals surface area (Å²) in [5.41, 5.74) is 5.55. The third-order valence-electron chi connectivity index (χ3n) is 3.11. The highest BCUT2D eigenvalue weighted by atomic mass is 16.4. The minimum atomic E-state index is 0.0531. The van der Waals surface area contributed by atoms with Gasteiger partial charge in [0.1, 0.15) is 0 Å². The molecule has 0 amide bonds. The zero-order chi connectivity index (χ0) is 10.0. The Morgan fingerprint density at radius 3 is 2.31 bits per heavy atom. The zero-order valence-electron chi connectivity index (χ0n) is 8.57. The average Bonchev–Trinajstić information content (AvgIpc) is 2.44. The number of amidine groups is 1. The fraction of sp³-hybridized carbons (Fsp3) is 0.889. The Labute approximate surface area is 79.4 Å². The predicted molar refractivity (Wildman–Crippen MR) is 52.8 cm³/mol. The lowest BCUT2D eigenvalue weighted by Gasteiger charge is -2.22. The van der Waals surface area contributed by atoms with Gasteiger partial charge in [-0.3, -0.25) is 4.90 Å². The van der Waals surface area contributed by atoms with Crippen molar-refractivity contribution >= 4 is 5.84 Å². The molecule has 3 N–H and O–H groups in total. The van der Waals surface area contributed by atoms with Gasteiger partial charge in [0.15, 0.2) is 5.84 Å². The van der Waals surface area contributed by atoms with E-state index in [4.69, 9.17) is 10.9 Å². The van der Waals surface area contributed by atoms with Crippen LogP contribution in [0, 0.1) is 11.8 Å². The van der Waals surface area contributed by atoms with Crippen LogP contribution in [0.2, 0.25) is 0 Å². The van der Waals surface area contributed by atoms with E-state index < -0.39 is 0 Å². The molecule has 3 atom stereocenters. The second kappa shape index (κ2) is 3.96. The van der Waals surface area contributed by atoms with E-state index in [-0.39, 0.29) is 6.04 Å². The first-order valence-corrected chi connectivity index (χ1v) is 4.77. The maximum atomic E-state index is 8.53. The molecule has 1 saturated heterocycles. The molecular formula is C9H19N3O. The Kier molecular flexibility index (Phi) is 3.14. The van der Waals surface area contributed by atoms with Crippen molar-refractivity contribution < 1.29 is 5.21 Å². The van der Waals surface area contributed by atoms with Gasteiger partial charge in [-0.1, -0.05) is 19.0 Å². The van der Waals surface area contributed by atoms with Crippen LogP contribution >= 0.6 is 0 Å². The summed E-state index contributed by atoms with van der Waals surface area (Å²) >= 11 is 0. The standard InChI is InChI=1S/C9H19N3O/c1-6-4-12(5-7(6)2)8(3)9(10)11-13/h6-8,13H,4-5H2,1-3H3,(H2,10,11). The molecule has 4 heteroatoms. The second-order valence-electron chi connectivity index (χ2n) is 4.11. The highest BCUT2D eigenvalue weighted by Gasteiger charge is 2.30. The van der Waals surface area contributed by atoms with Gasteiger partial charge in [0.05, 0.1) is 6.04 Å². The third kappa shape index (κ3) is 2.12. The van der Waals surface area contributed by atoms with Gasteiger partial charge in [-0.2, -0.15) is 0 Å². The summed E-state index contributed by atoms with van der Waals surface area (Å²) in [7, 11) is 0. The smallest absolute Gasteiger partial charge is 0.156 e. The molecule has 0 spiro atoms. The van der Waals surface area contributed by atoms with Crippen LogP contribution < -0.4 is 5.73 Å². The summed E-state index contributed by atoms with van der Waals surface area (Å²) in [4.78, 5) is 2.25. The number of hydrogen-bond donors (Lipinski definition) is 2. The van der Waals surface area contributed by atoms with Crippen molar-refractivity contribution in [2.75, 3.05) is 13.1 Å². The quantitative estimate of drug-likeness (QED) is 0.288. The summed E-state index contributed by atoms with van der Waals surface area (Å²) < 4.78 is 0. The molecule has 1 aliphatic heterocycles. The summed E-state index contributed by atoms with van der Waals surface area (Å²) in [6.07, 6.45) is 0. The number of oxime groups is 1. The first-order valence-electron chi connectivity index (χ1n) is 4.77. The van der Waals surface area contributed by atoms with Gasteiger partial charge in [-0.05, 0) is 18.8 Å². The molecule has 1 rings (SSSR count). The highest BCUT2D eigenvalue weighted by Crippen LogP contribution is 2.23. The second-order valence-corrected chi connectivity index (χ2v) is 4.11. The van der Waals surface area contributed by atoms with Gasteiger partial charge in [0, 0.05) is 13.1 Å². The predicted octanol–water partition coefficient (Wildman–Crippen LogP) is 0.709. The van der Waals surface area contributed by atoms with Gasteiger partial charge < -0.3 is 10.9 Å². The van der Waals surface area contributed by atoms with Gasteiger partial charge in [-0.15, -0.1) is 0 Å². The Balaban J connectivity index is 2.55. The molecular weight excluding hydrogens is 166 g/mol. The van der Waals surface area contributed by atoms with Crippen molar-refractivity contribution in [2.45, 2.75) is 26.8 Å². The molecule has 0 aromatic carbocycles. The summed E-state index contributed by atoms with van der Waals surface area (Å²) in [6, 6.07) is 0.0531. The van der Waals surface area contributed by atoms with Gasteiger partial charge >= 0.3 is 0 Å². The van der Waals surface area contributed by atoms with Gasteiger partial charge in [-0.25, -0.2) is 0 Å². The van der Waals surface area contributed by atoms with E-state index in [1.165, 1.54) is 0 Å². The molecule has 0 aromatic rings.